The molecule has 1 aromatic rings. The second-order valence-electron chi connectivity index (χ2n) is 2.43. The van der Waals surface area contributed by atoms with E-state index in [2.05, 4.69) is 15.0 Å². The summed E-state index contributed by atoms with van der Waals surface area (Å²) in [6.45, 7) is 1.23. The lowest BCUT2D eigenvalue weighted by Crippen LogP contribution is -2.14. The van der Waals surface area contributed by atoms with Crippen molar-refractivity contribution in [1.29, 1.82) is 0 Å². The Labute approximate surface area is 85.5 Å². The van der Waals surface area contributed by atoms with E-state index in [1.54, 1.807) is 12.1 Å². The zero-order valence-electron chi connectivity index (χ0n) is 7.40. The van der Waals surface area contributed by atoms with Gasteiger partial charge in [0.2, 0.25) is 0 Å². The lowest BCUT2D eigenvalue weighted by atomic mass is 10.3. The van der Waals surface area contributed by atoms with Crippen LogP contribution in [0.25, 0.3) is 0 Å². The molecule has 0 aliphatic carbocycles. The van der Waals surface area contributed by atoms with Gasteiger partial charge in [-0.3, -0.25) is 0 Å². The highest BCUT2D eigenvalue weighted by atomic mass is 35.5. The Kier molecular flexibility index (Phi) is 3.41. The maximum absolute atomic E-state index is 10.4. The molecular weight excluding hydrogens is 206 g/mol. The van der Waals surface area contributed by atoms with Gasteiger partial charge in [0, 0.05) is 18.7 Å². The molecule has 0 amide bonds. The summed E-state index contributed by atoms with van der Waals surface area (Å²) < 4.78 is 0. The Bertz CT molecular complexity index is 361. The average Bonchev–Trinajstić information content (AvgIpc) is 2.15. The number of aromatic nitrogens is 1. The van der Waals surface area contributed by atoms with E-state index < -0.39 is 5.97 Å². The minimum absolute atomic E-state index is 0.0735. The van der Waals surface area contributed by atoms with Crippen molar-refractivity contribution in [3.05, 3.63) is 29.0 Å². The lowest BCUT2D eigenvalue weighted by Gasteiger charge is -1.98. The van der Waals surface area contributed by atoms with Crippen LogP contribution in [0.5, 0.6) is 0 Å². The fourth-order valence-electron chi connectivity index (χ4n) is 0.693. The van der Waals surface area contributed by atoms with Gasteiger partial charge in [0.15, 0.2) is 5.84 Å². The Hall–Kier alpha value is -1.62. The largest absolute Gasteiger partial charge is 0.380 e. The SMILES string of the molecule is CC(=O)O/N=C(/N)c1ccc(Cl)nc1. The highest BCUT2D eigenvalue weighted by Crippen LogP contribution is 2.04. The van der Waals surface area contributed by atoms with Crippen molar-refractivity contribution in [2.45, 2.75) is 6.92 Å². The number of nitrogens with two attached hydrogens (primary N) is 1. The molecule has 0 aliphatic rings. The van der Waals surface area contributed by atoms with Crippen molar-refractivity contribution < 1.29 is 9.63 Å². The number of oxime groups is 1. The number of carbonyl (C=O) groups is 1. The van der Waals surface area contributed by atoms with E-state index in [4.69, 9.17) is 17.3 Å². The molecule has 0 bridgehead atoms. The highest BCUT2D eigenvalue weighted by Gasteiger charge is 2.00. The molecule has 0 saturated heterocycles. The van der Waals surface area contributed by atoms with Gasteiger partial charge in [0.1, 0.15) is 5.15 Å². The molecular formula is C8H8ClN3O2. The Morgan fingerprint density at radius 3 is 2.86 bits per heavy atom. The molecule has 6 heteroatoms. The first-order valence-corrected chi connectivity index (χ1v) is 4.10. The second kappa shape index (κ2) is 4.57. The summed E-state index contributed by atoms with van der Waals surface area (Å²) in [4.78, 5) is 18.6. The monoisotopic (exact) mass is 213 g/mol. The average molecular weight is 214 g/mol. The van der Waals surface area contributed by atoms with E-state index in [1.165, 1.54) is 13.1 Å². The third-order valence-electron chi connectivity index (χ3n) is 1.30. The Morgan fingerprint density at radius 2 is 2.36 bits per heavy atom. The number of pyridine rings is 1. The van der Waals surface area contributed by atoms with E-state index in [0.29, 0.717) is 10.7 Å². The zero-order chi connectivity index (χ0) is 10.6. The van der Waals surface area contributed by atoms with Gasteiger partial charge in [-0.1, -0.05) is 16.8 Å². The molecule has 74 valence electrons. The van der Waals surface area contributed by atoms with Crippen LogP contribution in [0.4, 0.5) is 0 Å². The first kappa shape index (κ1) is 10.5. The summed E-state index contributed by atoms with van der Waals surface area (Å²) in [6, 6.07) is 3.19. The molecule has 1 heterocycles. The molecule has 0 aliphatic heterocycles. The molecule has 5 nitrogen and oxygen atoms in total. The van der Waals surface area contributed by atoms with E-state index in [-0.39, 0.29) is 5.84 Å². The van der Waals surface area contributed by atoms with Gasteiger partial charge in [-0.2, -0.15) is 0 Å². The van der Waals surface area contributed by atoms with Crippen LogP contribution in [0.2, 0.25) is 5.15 Å². The molecule has 0 saturated carbocycles. The summed E-state index contributed by atoms with van der Waals surface area (Å²) in [6.07, 6.45) is 1.44. The summed E-state index contributed by atoms with van der Waals surface area (Å²) in [5.41, 5.74) is 6.02. The Balaban J connectivity index is 2.78. The Morgan fingerprint density at radius 1 is 1.64 bits per heavy atom. The van der Waals surface area contributed by atoms with Gasteiger partial charge in [-0.15, -0.1) is 0 Å². The van der Waals surface area contributed by atoms with Crippen LogP contribution < -0.4 is 5.73 Å². The minimum atomic E-state index is -0.533. The van der Waals surface area contributed by atoms with Crippen LogP contribution in [0.15, 0.2) is 23.5 Å². The topological polar surface area (TPSA) is 77.6 Å². The summed E-state index contributed by atoms with van der Waals surface area (Å²) in [5.74, 6) is -0.459. The third-order valence-corrected chi connectivity index (χ3v) is 1.52. The van der Waals surface area contributed by atoms with E-state index in [1.807, 2.05) is 0 Å². The lowest BCUT2D eigenvalue weighted by molar-refractivity contribution is -0.140. The van der Waals surface area contributed by atoms with E-state index in [9.17, 15) is 4.79 Å². The number of carbonyl (C=O) groups excluding carboxylic acids is 1. The number of rotatable bonds is 2. The predicted octanol–water partition coefficient (Wildman–Crippen LogP) is 0.918. The molecule has 0 unspecified atom stereocenters. The maximum atomic E-state index is 10.4. The van der Waals surface area contributed by atoms with Gasteiger partial charge in [0.25, 0.3) is 0 Å². The molecule has 0 spiro atoms. The van der Waals surface area contributed by atoms with Crippen molar-refractivity contribution in [1.82, 2.24) is 4.98 Å². The molecule has 2 N–H and O–H groups in total. The summed E-state index contributed by atoms with van der Waals surface area (Å²) in [5, 5.41) is 3.74. The van der Waals surface area contributed by atoms with Crippen molar-refractivity contribution >= 4 is 23.4 Å². The minimum Gasteiger partial charge on any atom is -0.380 e. The van der Waals surface area contributed by atoms with Gasteiger partial charge < -0.3 is 10.6 Å². The number of hydrogen-bond donors (Lipinski definition) is 1. The second-order valence-corrected chi connectivity index (χ2v) is 2.82. The van der Waals surface area contributed by atoms with Crippen LogP contribution >= 0.6 is 11.6 Å². The summed E-state index contributed by atoms with van der Waals surface area (Å²) in [7, 11) is 0. The van der Waals surface area contributed by atoms with Crippen molar-refractivity contribution in [3.63, 3.8) is 0 Å². The van der Waals surface area contributed by atoms with Gasteiger partial charge in [-0.05, 0) is 12.1 Å². The maximum Gasteiger partial charge on any atom is 0.332 e. The standard InChI is InChI=1S/C8H8ClN3O2/c1-5(13)14-12-8(10)6-2-3-7(9)11-4-6/h2-4H,1H3,(H2,10,12). The molecule has 0 aromatic carbocycles. The predicted molar refractivity (Wildman–Crippen MR) is 51.7 cm³/mol. The smallest absolute Gasteiger partial charge is 0.332 e. The molecule has 1 rings (SSSR count). The quantitative estimate of drug-likeness (QED) is 0.261. The van der Waals surface area contributed by atoms with Gasteiger partial charge in [0.05, 0.1) is 0 Å². The van der Waals surface area contributed by atoms with Crippen LogP contribution in [-0.4, -0.2) is 16.8 Å². The van der Waals surface area contributed by atoms with Crippen LogP contribution in [-0.2, 0) is 9.63 Å². The zero-order valence-corrected chi connectivity index (χ0v) is 8.15. The van der Waals surface area contributed by atoms with Crippen molar-refractivity contribution in [2.24, 2.45) is 10.9 Å². The van der Waals surface area contributed by atoms with E-state index in [0.717, 1.165) is 0 Å². The van der Waals surface area contributed by atoms with Crippen LogP contribution in [0, 0.1) is 0 Å². The first-order valence-electron chi connectivity index (χ1n) is 3.72. The van der Waals surface area contributed by atoms with Gasteiger partial charge in [-0.25, -0.2) is 9.78 Å². The van der Waals surface area contributed by atoms with Gasteiger partial charge >= 0.3 is 5.97 Å². The number of halogens is 1. The molecule has 0 radical (unpaired) electrons. The van der Waals surface area contributed by atoms with Crippen molar-refractivity contribution in [2.75, 3.05) is 0 Å². The van der Waals surface area contributed by atoms with Crippen LogP contribution in [0.1, 0.15) is 12.5 Å². The summed E-state index contributed by atoms with van der Waals surface area (Å²) >= 11 is 5.57. The normalized spacial score (nSPS) is 11.1. The van der Waals surface area contributed by atoms with Crippen LogP contribution in [0.3, 0.4) is 0 Å². The number of nitrogens with zero attached hydrogens (tertiary/aromatic N) is 2. The van der Waals surface area contributed by atoms with E-state index >= 15 is 0 Å². The fraction of sp³-hybridized carbons (Fsp3) is 0.125. The van der Waals surface area contributed by atoms with Crippen molar-refractivity contribution in [3.8, 4) is 0 Å². The highest BCUT2D eigenvalue weighted by molar-refractivity contribution is 6.29. The third kappa shape index (κ3) is 3.02. The molecule has 1 aromatic heterocycles. The molecule has 0 atom stereocenters. The number of hydrogen-bond acceptors (Lipinski definition) is 4. The fourth-order valence-corrected chi connectivity index (χ4v) is 0.805. The number of amidine groups is 1. The molecule has 14 heavy (non-hydrogen) atoms. The first-order chi connectivity index (χ1) is 6.59. The molecule has 0 fully saturated rings.